The largest absolute Gasteiger partial charge is 0.494 e. The van der Waals surface area contributed by atoms with Crippen LogP contribution in [0.3, 0.4) is 0 Å². The molecule has 2 unspecified atom stereocenters. The van der Waals surface area contributed by atoms with E-state index >= 15 is 0 Å². The van der Waals surface area contributed by atoms with E-state index in [9.17, 15) is 19.8 Å². The fourth-order valence-corrected chi connectivity index (χ4v) is 2.68. The number of methoxy groups -OCH3 is 1. The lowest BCUT2D eigenvalue weighted by molar-refractivity contribution is -0.130. The van der Waals surface area contributed by atoms with E-state index in [2.05, 4.69) is 20.6 Å². The summed E-state index contributed by atoms with van der Waals surface area (Å²) < 4.78 is 5.19. The minimum absolute atomic E-state index is 0.0856. The van der Waals surface area contributed by atoms with Crippen molar-refractivity contribution in [1.29, 1.82) is 0 Å². The molecular formula is C19H20N4O5. The van der Waals surface area contributed by atoms with Gasteiger partial charge < -0.3 is 30.6 Å². The summed E-state index contributed by atoms with van der Waals surface area (Å²) in [6.45, 7) is 1.37. The van der Waals surface area contributed by atoms with Crippen LogP contribution < -0.4 is 15.4 Å². The summed E-state index contributed by atoms with van der Waals surface area (Å²) in [7, 11) is 1.42. The molecular weight excluding hydrogens is 364 g/mol. The van der Waals surface area contributed by atoms with Crippen molar-refractivity contribution < 1.29 is 24.5 Å². The van der Waals surface area contributed by atoms with Crippen LogP contribution in [-0.4, -0.2) is 45.2 Å². The number of hydrogen-bond acceptors (Lipinski definition) is 6. The zero-order chi connectivity index (χ0) is 20.3. The number of benzene rings is 2. The van der Waals surface area contributed by atoms with Crippen LogP contribution in [0.1, 0.15) is 18.9 Å². The van der Waals surface area contributed by atoms with Gasteiger partial charge in [0.05, 0.1) is 23.8 Å². The molecule has 3 rings (SSSR count). The van der Waals surface area contributed by atoms with Gasteiger partial charge in [-0.1, -0.05) is 12.1 Å². The first-order valence-corrected chi connectivity index (χ1v) is 8.46. The summed E-state index contributed by atoms with van der Waals surface area (Å²) in [5, 5.41) is 25.6. The van der Waals surface area contributed by atoms with Gasteiger partial charge in [0, 0.05) is 18.7 Å². The molecule has 0 aliphatic carbocycles. The molecule has 2 amide bonds. The fraction of sp³-hybridized carbons (Fsp3) is 0.211. The summed E-state index contributed by atoms with van der Waals surface area (Å²) in [5.74, 6) is -0.662. The number of fused-ring (bicyclic) bond motifs is 1. The molecule has 0 aliphatic rings. The van der Waals surface area contributed by atoms with Crippen molar-refractivity contribution in [3.63, 3.8) is 0 Å². The van der Waals surface area contributed by atoms with Crippen LogP contribution in [-0.2, 0) is 9.59 Å². The van der Waals surface area contributed by atoms with Crippen molar-refractivity contribution in [2.45, 2.75) is 19.1 Å². The summed E-state index contributed by atoms with van der Waals surface area (Å²) >= 11 is 0. The number of rotatable bonds is 6. The van der Waals surface area contributed by atoms with Crippen molar-refractivity contribution in [3.8, 4) is 5.75 Å². The Hall–Kier alpha value is -3.43. The molecule has 9 nitrogen and oxygen atoms in total. The van der Waals surface area contributed by atoms with Crippen molar-refractivity contribution in [2.75, 3.05) is 17.7 Å². The topological polar surface area (TPSA) is 137 Å². The second-order valence-corrected chi connectivity index (χ2v) is 6.11. The minimum atomic E-state index is -1.75. The molecule has 1 heterocycles. The number of aliphatic hydroxyl groups is 2. The lowest BCUT2D eigenvalue weighted by Gasteiger charge is -2.17. The van der Waals surface area contributed by atoms with E-state index in [0.717, 1.165) is 0 Å². The van der Waals surface area contributed by atoms with Gasteiger partial charge in [-0.05, 0) is 24.3 Å². The predicted octanol–water partition coefficient (Wildman–Crippen LogP) is 1.56. The van der Waals surface area contributed by atoms with Gasteiger partial charge in [0.2, 0.25) is 5.91 Å². The van der Waals surface area contributed by atoms with Crippen LogP contribution in [0.4, 0.5) is 11.4 Å². The summed E-state index contributed by atoms with van der Waals surface area (Å²) in [4.78, 5) is 30.6. The number of carbonyl (C=O) groups is 2. The van der Waals surface area contributed by atoms with E-state index in [-0.39, 0.29) is 11.7 Å². The van der Waals surface area contributed by atoms with Crippen LogP contribution in [0.2, 0.25) is 0 Å². The molecule has 5 N–H and O–H groups in total. The SMILES string of the molecule is COc1cc(NC(=O)C(O)C(O)c2nc3ccccc3[nH]2)ccc1NC(C)=O. The van der Waals surface area contributed by atoms with Gasteiger partial charge in [0.25, 0.3) is 5.91 Å². The number of nitrogens with zero attached hydrogens (tertiary/aromatic N) is 1. The number of anilines is 2. The highest BCUT2D eigenvalue weighted by atomic mass is 16.5. The second-order valence-electron chi connectivity index (χ2n) is 6.11. The highest BCUT2D eigenvalue weighted by molar-refractivity contribution is 5.96. The molecule has 0 fully saturated rings. The molecule has 2 aromatic carbocycles. The number of H-pyrrole nitrogens is 1. The first-order chi connectivity index (χ1) is 13.4. The first kappa shape index (κ1) is 19.3. The van der Waals surface area contributed by atoms with Crippen LogP contribution >= 0.6 is 0 Å². The van der Waals surface area contributed by atoms with Gasteiger partial charge in [-0.25, -0.2) is 4.98 Å². The van der Waals surface area contributed by atoms with Gasteiger partial charge in [-0.15, -0.1) is 0 Å². The lowest BCUT2D eigenvalue weighted by Crippen LogP contribution is -2.33. The van der Waals surface area contributed by atoms with Crippen LogP contribution in [0.15, 0.2) is 42.5 Å². The number of imidazole rings is 1. The quantitative estimate of drug-likeness (QED) is 0.437. The Morgan fingerprint density at radius 2 is 1.89 bits per heavy atom. The summed E-state index contributed by atoms with van der Waals surface area (Å²) in [5.41, 5.74) is 2.06. The Kier molecular flexibility index (Phi) is 5.57. The van der Waals surface area contributed by atoms with Crippen molar-refractivity contribution in [1.82, 2.24) is 9.97 Å². The highest BCUT2D eigenvalue weighted by Gasteiger charge is 2.28. The minimum Gasteiger partial charge on any atom is -0.494 e. The summed E-state index contributed by atoms with van der Waals surface area (Å²) in [6.07, 6.45) is -3.28. The first-order valence-electron chi connectivity index (χ1n) is 8.46. The number of para-hydroxylation sites is 2. The lowest BCUT2D eigenvalue weighted by atomic mass is 10.1. The second kappa shape index (κ2) is 8.07. The van der Waals surface area contributed by atoms with Crippen molar-refractivity contribution in [3.05, 3.63) is 48.3 Å². The molecule has 28 heavy (non-hydrogen) atoms. The van der Waals surface area contributed by atoms with E-state index in [1.807, 2.05) is 0 Å². The van der Waals surface area contributed by atoms with E-state index in [1.54, 1.807) is 30.3 Å². The van der Waals surface area contributed by atoms with Crippen LogP contribution in [0.25, 0.3) is 11.0 Å². The van der Waals surface area contributed by atoms with Crippen LogP contribution in [0.5, 0.6) is 5.75 Å². The molecule has 0 bridgehead atoms. The number of aromatic nitrogens is 2. The third kappa shape index (κ3) is 4.11. The molecule has 0 radical (unpaired) electrons. The number of aliphatic hydroxyl groups excluding tert-OH is 2. The zero-order valence-electron chi connectivity index (χ0n) is 15.3. The number of amides is 2. The average molecular weight is 384 g/mol. The number of ether oxygens (including phenoxy) is 1. The van der Waals surface area contributed by atoms with E-state index in [0.29, 0.717) is 28.2 Å². The Bertz CT molecular complexity index is 983. The predicted molar refractivity (Wildman–Crippen MR) is 103 cm³/mol. The summed E-state index contributed by atoms with van der Waals surface area (Å²) in [6, 6.07) is 11.7. The molecule has 2 atom stereocenters. The zero-order valence-corrected chi connectivity index (χ0v) is 15.3. The number of carbonyl (C=O) groups excluding carboxylic acids is 2. The number of aromatic amines is 1. The Balaban J connectivity index is 1.73. The van der Waals surface area contributed by atoms with Crippen molar-refractivity contribution in [2.24, 2.45) is 0 Å². The molecule has 3 aromatic rings. The third-order valence-corrected chi connectivity index (χ3v) is 4.04. The molecule has 0 saturated heterocycles. The Morgan fingerprint density at radius 3 is 2.57 bits per heavy atom. The standard InChI is InChI=1S/C19H20N4O5/c1-10(24)20-14-8-7-11(9-15(14)28-2)21-19(27)17(26)16(25)18-22-12-5-3-4-6-13(12)23-18/h3-9,16-17,25-26H,1-2H3,(H,20,24)(H,21,27)(H,22,23). The van der Waals surface area contributed by atoms with Crippen molar-refractivity contribution >= 4 is 34.2 Å². The van der Waals surface area contributed by atoms with E-state index < -0.39 is 18.1 Å². The highest BCUT2D eigenvalue weighted by Crippen LogP contribution is 2.28. The average Bonchev–Trinajstić information content (AvgIpc) is 3.11. The monoisotopic (exact) mass is 384 g/mol. The Morgan fingerprint density at radius 1 is 1.14 bits per heavy atom. The van der Waals surface area contributed by atoms with Gasteiger partial charge in [-0.2, -0.15) is 0 Å². The smallest absolute Gasteiger partial charge is 0.256 e. The molecule has 0 saturated carbocycles. The third-order valence-electron chi connectivity index (χ3n) is 4.04. The maximum absolute atomic E-state index is 12.3. The Labute approximate surface area is 160 Å². The number of nitrogens with one attached hydrogen (secondary N) is 3. The number of hydrogen-bond donors (Lipinski definition) is 5. The molecule has 146 valence electrons. The van der Waals surface area contributed by atoms with E-state index in [4.69, 9.17) is 4.74 Å². The van der Waals surface area contributed by atoms with Gasteiger partial charge in [-0.3, -0.25) is 9.59 Å². The fourth-order valence-electron chi connectivity index (χ4n) is 2.68. The van der Waals surface area contributed by atoms with E-state index in [1.165, 1.54) is 26.2 Å². The molecule has 9 heteroatoms. The van der Waals surface area contributed by atoms with Crippen LogP contribution in [0, 0.1) is 0 Å². The maximum atomic E-state index is 12.3. The molecule has 0 spiro atoms. The van der Waals surface area contributed by atoms with Gasteiger partial charge >= 0.3 is 0 Å². The van der Waals surface area contributed by atoms with Gasteiger partial charge in [0.15, 0.2) is 6.10 Å². The normalized spacial score (nSPS) is 13.0. The molecule has 0 aliphatic heterocycles. The van der Waals surface area contributed by atoms with Gasteiger partial charge in [0.1, 0.15) is 17.7 Å². The molecule has 1 aromatic heterocycles. The maximum Gasteiger partial charge on any atom is 0.256 e.